The van der Waals surface area contributed by atoms with Crippen LogP contribution in [0, 0.1) is 6.92 Å². The van der Waals surface area contributed by atoms with Crippen molar-refractivity contribution in [3.63, 3.8) is 0 Å². The lowest BCUT2D eigenvalue weighted by Gasteiger charge is -2.06. The van der Waals surface area contributed by atoms with Crippen LogP contribution in [0.4, 0.5) is 5.69 Å². The number of hydrogen-bond donors (Lipinski definition) is 2. The number of nitrogens with one attached hydrogen (secondary N) is 1. The Kier molecular flexibility index (Phi) is 3.31. The van der Waals surface area contributed by atoms with Crippen LogP contribution >= 0.6 is 11.8 Å². The van der Waals surface area contributed by atoms with Gasteiger partial charge in [0.1, 0.15) is 5.03 Å². The third kappa shape index (κ3) is 2.47. The zero-order chi connectivity index (χ0) is 15.8. The molecule has 0 saturated heterocycles. The molecule has 5 nitrogen and oxygen atoms in total. The number of imidazole rings is 1. The lowest BCUT2D eigenvalue weighted by Crippen LogP contribution is -1.99. The van der Waals surface area contributed by atoms with Crippen LogP contribution in [-0.4, -0.2) is 19.7 Å². The Balaban J connectivity index is 1.79. The molecular weight excluding hydrogens is 306 g/mol. The Morgan fingerprint density at radius 2 is 1.78 bits per heavy atom. The molecule has 0 bridgehead atoms. The molecule has 2 aromatic heterocycles. The van der Waals surface area contributed by atoms with E-state index in [2.05, 4.69) is 15.1 Å². The van der Waals surface area contributed by atoms with Crippen LogP contribution in [0.15, 0.2) is 64.8 Å². The summed E-state index contributed by atoms with van der Waals surface area (Å²) in [5.74, 6) is 0. The Hall–Kier alpha value is -2.73. The van der Waals surface area contributed by atoms with Gasteiger partial charge in [-0.25, -0.2) is 9.67 Å². The van der Waals surface area contributed by atoms with Crippen molar-refractivity contribution in [1.29, 1.82) is 0 Å². The molecule has 0 aliphatic carbocycles. The number of benzene rings is 2. The summed E-state index contributed by atoms with van der Waals surface area (Å²) in [4.78, 5) is 7.92. The minimum atomic E-state index is 0.680. The Labute approximate surface area is 137 Å². The second kappa shape index (κ2) is 5.48. The van der Waals surface area contributed by atoms with Gasteiger partial charge in [0.2, 0.25) is 0 Å². The smallest absolute Gasteiger partial charge is 0.172 e. The molecule has 114 valence electrons. The number of aromatic nitrogens is 4. The molecular formula is C17H15N5S. The van der Waals surface area contributed by atoms with Gasteiger partial charge in [-0.1, -0.05) is 30.3 Å². The molecule has 2 heterocycles. The summed E-state index contributed by atoms with van der Waals surface area (Å²) in [6, 6.07) is 17.9. The highest BCUT2D eigenvalue weighted by Crippen LogP contribution is 2.34. The standard InChI is InChI=1S/C17H15N5S/c1-11-15(18)16(22(21-11)12-7-3-2-4-8-12)23-17-19-13-9-5-6-10-14(13)20-17/h2-10H,18H2,1H3,(H,19,20). The average Bonchev–Trinajstić information content (AvgIpc) is 3.11. The van der Waals surface area contributed by atoms with Gasteiger partial charge in [-0.2, -0.15) is 5.10 Å². The second-order valence-electron chi connectivity index (χ2n) is 5.21. The van der Waals surface area contributed by atoms with Crippen molar-refractivity contribution in [2.24, 2.45) is 0 Å². The number of anilines is 1. The number of fused-ring (bicyclic) bond motifs is 1. The van der Waals surface area contributed by atoms with Gasteiger partial charge >= 0.3 is 0 Å². The molecule has 23 heavy (non-hydrogen) atoms. The number of para-hydroxylation sites is 3. The molecule has 0 saturated carbocycles. The van der Waals surface area contributed by atoms with Crippen molar-refractivity contribution in [2.75, 3.05) is 5.73 Å². The van der Waals surface area contributed by atoms with E-state index >= 15 is 0 Å². The molecule has 3 N–H and O–H groups in total. The number of aryl methyl sites for hydroxylation is 1. The van der Waals surface area contributed by atoms with Crippen molar-refractivity contribution in [3.8, 4) is 5.69 Å². The van der Waals surface area contributed by atoms with E-state index in [1.807, 2.05) is 66.2 Å². The number of nitrogen functional groups attached to an aromatic ring is 1. The largest absolute Gasteiger partial charge is 0.395 e. The number of rotatable bonds is 3. The summed E-state index contributed by atoms with van der Waals surface area (Å²) in [5, 5.41) is 6.23. The third-order valence-corrected chi connectivity index (χ3v) is 4.60. The normalized spacial score (nSPS) is 11.2. The van der Waals surface area contributed by atoms with E-state index in [4.69, 9.17) is 5.73 Å². The van der Waals surface area contributed by atoms with Gasteiger partial charge in [-0.3, -0.25) is 0 Å². The van der Waals surface area contributed by atoms with Crippen molar-refractivity contribution in [1.82, 2.24) is 19.7 Å². The molecule has 6 heteroatoms. The fraction of sp³-hybridized carbons (Fsp3) is 0.0588. The first-order valence-electron chi connectivity index (χ1n) is 7.25. The maximum atomic E-state index is 6.24. The Morgan fingerprint density at radius 1 is 1.04 bits per heavy atom. The van der Waals surface area contributed by atoms with Crippen molar-refractivity contribution >= 4 is 28.5 Å². The molecule has 0 spiro atoms. The van der Waals surface area contributed by atoms with Gasteiger partial charge in [0.05, 0.1) is 28.1 Å². The van der Waals surface area contributed by atoms with Crippen LogP contribution < -0.4 is 5.73 Å². The maximum Gasteiger partial charge on any atom is 0.172 e. The van der Waals surface area contributed by atoms with E-state index in [1.165, 1.54) is 11.8 Å². The monoisotopic (exact) mass is 321 g/mol. The second-order valence-corrected chi connectivity index (χ2v) is 6.19. The van der Waals surface area contributed by atoms with Crippen LogP contribution in [0.2, 0.25) is 0 Å². The van der Waals surface area contributed by atoms with Gasteiger partial charge in [0, 0.05) is 0 Å². The predicted molar refractivity (Wildman–Crippen MR) is 92.9 cm³/mol. The molecule has 2 aromatic carbocycles. The lowest BCUT2D eigenvalue weighted by atomic mass is 10.3. The Morgan fingerprint density at radius 3 is 2.57 bits per heavy atom. The molecule has 4 rings (SSSR count). The van der Waals surface area contributed by atoms with E-state index in [9.17, 15) is 0 Å². The van der Waals surface area contributed by atoms with Gasteiger partial charge < -0.3 is 10.7 Å². The number of H-pyrrole nitrogens is 1. The van der Waals surface area contributed by atoms with E-state index in [1.54, 1.807) is 0 Å². The van der Waals surface area contributed by atoms with Crippen molar-refractivity contribution in [3.05, 3.63) is 60.3 Å². The van der Waals surface area contributed by atoms with E-state index in [0.717, 1.165) is 32.6 Å². The summed E-state index contributed by atoms with van der Waals surface area (Å²) in [5.41, 5.74) is 10.7. The summed E-state index contributed by atoms with van der Waals surface area (Å²) in [6.45, 7) is 1.91. The number of nitrogens with two attached hydrogens (primary N) is 1. The first-order valence-corrected chi connectivity index (χ1v) is 8.07. The van der Waals surface area contributed by atoms with Crippen LogP contribution in [0.5, 0.6) is 0 Å². The van der Waals surface area contributed by atoms with E-state index < -0.39 is 0 Å². The molecule has 0 atom stereocenters. The SMILES string of the molecule is Cc1nn(-c2ccccc2)c(Sc2nc3ccccc3[nH]2)c1N. The van der Waals surface area contributed by atoms with Crippen LogP contribution in [-0.2, 0) is 0 Å². The first kappa shape index (κ1) is 13.9. The van der Waals surface area contributed by atoms with Gasteiger partial charge in [-0.15, -0.1) is 0 Å². The zero-order valence-electron chi connectivity index (χ0n) is 12.5. The molecule has 0 unspecified atom stereocenters. The van der Waals surface area contributed by atoms with Crippen LogP contribution in [0.3, 0.4) is 0 Å². The van der Waals surface area contributed by atoms with Crippen molar-refractivity contribution in [2.45, 2.75) is 17.1 Å². The number of aromatic amines is 1. The first-order chi connectivity index (χ1) is 11.2. The molecule has 4 aromatic rings. The topological polar surface area (TPSA) is 72.5 Å². The minimum Gasteiger partial charge on any atom is -0.395 e. The van der Waals surface area contributed by atoms with Gasteiger partial charge in [-0.05, 0) is 43.0 Å². The lowest BCUT2D eigenvalue weighted by molar-refractivity contribution is 0.793. The summed E-state index contributed by atoms with van der Waals surface area (Å²) >= 11 is 1.49. The number of hydrogen-bond acceptors (Lipinski definition) is 4. The van der Waals surface area contributed by atoms with Crippen LogP contribution in [0.25, 0.3) is 16.7 Å². The van der Waals surface area contributed by atoms with E-state index in [0.29, 0.717) is 5.69 Å². The third-order valence-electron chi connectivity index (χ3n) is 3.62. The highest BCUT2D eigenvalue weighted by molar-refractivity contribution is 7.99. The molecule has 0 radical (unpaired) electrons. The summed E-state index contributed by atoms with van der Waals surface area (Å²) in [7, 11) is 0. The van der Waals surface area contributed by atoms with Gasteiger partial charge in [0.15, 0.2) is 5.16 Å². The summed E-state index contributed by atoms with van der Waals surface area (Å²) in [6.07, 6.45) is 0. The number of nitrogens with zero attached hydrogens (tertiary/aromatic N) is 3. The molecule has 0 fully saturated rings. The quantitative estimate of drug-likeness (QED) is 0.602. The predicted octanol–water partition coefficient (Wildman–Crippen LogP) is 3.79. The summed E-state index contributed by atoms with van der Waals surface area (Å²) < 4.78 is 1.86. The zero-order valence-corrected chi connectivity index (χ0v) is 13.3. The molecule has 0 aliphatic rings. The average molecular weight is 321 g/mol. The van der Waals surface area contributed by atoms with E-state index in [-0.39, 0.29) is 0 Å². The highest BCUT2D eigenvalue weighted by atomic mass is 32.2. The minimum absolute atomic E-state index is 0.680. The molecule has 0 amide bonds. The van der Waals surface area contributed by atoms with Crippen molar-refractivity contribution < 1.29 is 0 Å². The molecule has 0 aliphatic heterocycles. The Bertz CT molecular complexity index is 938. The van der Waals surface area contributed by atoms with Crippen LogP contribution in [0.1, 0.15) is 5.69 Å². The fourth-order valence-corrected chi connectivity index (χ4v) is 3.41. The van der Waals surface area contributed by atoms with Gasteiger partial charge in [0.25, 0.3) is 0 Å². The maximum absolute atomic E-state index is 6.24. The highest BCUT2D eigenvalue weighted by Gasteiger charge is 2.17. The fourth-order valence-electron chi connectivity index (χ4n) is 2.43.